The molecular weight excluding hydrogens is 206 g/mol. The van der Waals surface area contributed by atoms with Crippen molar-refractivity contribution in [2.45, 2.75) is 44.6 Å². The summed E-state index contributed by atoms with van der Waals surface area (Å²) in [6, 6.07) is 1.84. The molecule has 0 atom stereocenters. The number of aromatic nitrogens is 2. The first kappa shape index (κ1) is 12.3. The zero-order valence-electron chi connectivity index (χ0n) is 9.87. The van der Waals surface area contributed by atoms with E-state index in [4.69, 9.17) is 5.73 Å². The van der Waals surface area contributed by atoms with Gasteiger partial charge in [0, 0.05) is 16.5 Å². The second kappa shape index (κ2) is 4.84. The molecule has 15 heavy (non-hydrogen) atoms. The lowest BCUT2D eigenvalue weighted by molar-refractivity contribution is 0.799. The van der Waals surface area contributed by atoms with Crippen LogP contribution in [0.4, 0.5) is 5.82 Å². The molecule has 2 N–H and O–H groups in total. The normalized spacial score (nSPS) is 11.7. The van der Waals surface area contributed by atoms with Crippen molar-refractivity contribution in [1.29, 1.82) is 0 Å². The van der Waals surface area contributed by atoms with E-state index in [1.165, 1.54) is 0 Å². The Hall–Kier alpha value is -0.770. The maximum Gasteiger partial charge on any atom is 0.140 e. The minimum atomic E-state index is 0.236. The van der Waals surface area contributed by atoms with E-state index in [1.54, 1.807) is 0 Å². The molecule has 0 unspecified atom stereocenters. The largest absolute Gasteiger partial charge is 0.384 e. The number of hydrogen-bond donors (Lipinski definition) is 1. The number of aryl methyl sites for hydroxylation is 1. The van der Waals surface area contributed by atoms with Crippen LogP contribution in [0, 0.1) is 0 Å². The minimum absolute atomic E-state index is 0.236. The van der Waals surface area contributed by atoms with E-state index < -0.39 is 0 Å². The van der Waals surface area contributed by atoms with Gasteiger partial charge in [0.25, 0.3) is 0 Å². The number of anilines is 1. The van der Waals surface area contributed by atoms with Crippen molar-refractivity contribution < 1.29 is 0 Å². The van der Waals surface area contributed by atoms with Crippen LogP contribution in [-0.2, 0) is 12.2 Å². The molecule has 0 saturated heterocycles. The second-order valence-corrected chi connectivity index (χ2v) is 6.26. The van der Waals surface area contributed by atoms with Crippen LogP contribution in [0.1, 0.15) is 39.2 Å². The fourth-order valence-corrected chi connectivity index (χ4v) is 1.79. The molecule has 0 aliphatic carbocycles. The van der Waals surface area contributed by atoms with Gasteiger partial charge in [-0.3, -0.25) is 0 Å². The van der Waals surface area contributed by atoms with E-state index in [9.17, 15) is 0 Å². The minimum Gasteiger partial charge on any atom is -0.384 e. The van der Waals surface area contributed by atoms with Crippen molar-refractivity contribution in [3.8, 4) is 0 Å². The Labute approximate surface area is 95.9 Å². The molecule has 0 aliphatic heterocycles. The summed E-state index contributed by atoms with van der Waals surface area (Å²) in [7, 11) is 0. The second-order valence-electron chi connectivity index (χ2n) is 4.45. The van der Waals surface area contributed by atoms with E-state index in [2.05, 4.69) is 37.7 Å². The van der Waals surface area contributed by atoms with E-state index >= 15 is 0 Å². The third-order valence-corrected chi connectivity index (χ3v) is 3.11. The molecule has 0 fully saturated rings. The number of nitrogen functional groups attached to an aromatic ring is 1. The fraction of sp³-hybridized carbons (Fsp3) is 0.636. The molecule has 84 valence electrons. The van der Waals surface area contributed by atoms with Gasteiger partial charge in [0.15, 0.2) is 0 Å². The van der Waals surface area contributed by atoms with Crippen molar-refractivity contribution in [2.24, 2.45) is 0 Å². The average molecular weight is 225 g/mol. The molecule has 1 aromatic heterocycles. The highest BCUT2D eigenvalue weighted by molar-refractivity contribution is 7.99. The van der Waals surface area contributed by atoms with Crippen LogP contribution in [-0.4, -0.2) is 14.7 Å². The van der Waals surface area contributed by atoms with Gasteiger partial charge in [-0.05, 0) is 6.42 Å². The summed E-state index contributed by atoms with van der Waals surface area (Å²) >= 11 is 1.83. The molecular formula is C11H19N3S. The van der Waals surface area contributed by atoms with Crippen molar-refractivity contribution >= 4 is 17.6 Å². The van der Waals surface area contributed by atoms with Crippen molar-refractivity contribution in [3.63, 3.8) is 0 Å². The maximum atomic E-state index is 5.71. The highest BCUT2D eigenvalue weighted by atomic mass is 32.2. The van der Waals surface area contributed by atoms with Gasteiger partial charge in [-0.2, -0.15) is 0 Å². The lowest BCUT2D eigenvalue weighted by atomic mass is 10.3. The molecule has 3 nitrogen and oxygen atoms in total. The van der Waals surface area contributed by atoms with Gasteiger partial charge in [0.2, 0.25) is 0 Å². The molecule has 1 aromatic rings. The predicted molar refractivity (Wildman–Crippen MR) is 66.9 cm³/mol. The van der Waals surface area contributed by atoms with Crippen molar-refractivity contribution in [2.75, 3.05) is 5.73 Å². The lowest BCUT2D eigenvalue weighted by Crippen LogP contribution is -2.09. The third-order valence-electron chi connectivity index (χ3n) is 1.84. The zero-order chi connectivity index (χ0) is 11.5. The number of nitrogens with two attached hydrogens (primary N) is 1. The Morgan fingerprint density at radius 1 is 1.33 bits per heavy atom. The fourth-order valence-electron chi connectivity index (χ4n) is 1.10. The van der Waals surface area contributed by atoms with Gasteiger partial charge < -0.3 is 5.73 Å². The summed E-state index contributed by atoms with van der Waals surface area (Å²) < 4.78 is 0.236. The predicted octanol–water partition coefficient (Wildman–Crippen LogP) is 2.65. The molecule has 0 bridgehead atoms. The van der Waals surface area contributed by atoms with Gasteiger partial charge in [-0.25, -0.2) is 9.97 Å². The van der Waals surface area contributed by atoms with Crippen LogP contribution in [0.5, 0.6) is 0 Å². The highest BCUT2D eigenvalue weighted by Crippen LogP contribution is 2.26. The molecule has 4 heteroatoms. The molecule has 0 saturated carbocycles. The van der Waals surface area contributed by atoms with Gasteiger partial charge in [0.05, 0.1) is 5.75 Å². The van der Waals surface area contributed by atoms with Crippen LogP contribution >= 0.6 is 11.8 Å². The van der Waals surface area contributed by atoms with E-state index in [0.717, 1.165) is 23.7 Å². The standard InChI is InChI=1S/C11H19N3S/c1-5-8-6-9(12)14-10(13-8)7-15-11(2,3)4/h6H,5,7H2,1-4H3,(H2,12,13,14). The lowest BCUT2D eigenvalue weighted by Gasteiger charge is -2.16. The summed E-state index contributed by atoms with van der Waals surface area (Å²) in [5.41, 5.74) is 6.73. The molecule has 0 radical (unpaired) electrons. The molecule has 0 amide bonds. The molecule has 1 rings (SSSR count). The molecule has 0 aromatic carbocycles. The third kappa shape index (κ3) is 4.51. The molecule has 0 spiro atoms. The summed E-state index contributed by atoms with van der Waals surface area (Å²) in [5.74, 6) is 2.24. The zero-order valence-corrected chi connectivity index (χ0v) is 10.7. The van der Waals surface area contributed by atoms with Gasteiger partial charge >= 0.3 is 0 Å². The smallest absolute Gasteiger partial charge is 0.140 e. The van der Waals surface area contributed by atoms with Crippen molar-refractivity contribution in [3.05, 3.63) is 17.6 Å². The van der Waals surface area contributed by atoms with Gasteiger partial charge in [-0.1, -0.05) is 27.7 Å². The first-order chi connectivity index (χ1) is 6.90. The monoisotopic (exact) mass is 225 g/mol. The van der Waals surface area contributed by atoms with Crippen LogP contribution in [0.2, 0.25) is 0 Å². The first-order valence-electron chi connectivity index (χ1n) is 5.17. The Bertz CT molecular complexity index is 331. The van der Waals surface area contributed by atoms with Crippen LogP contribution in [0.25, 0.3) is 0 Å². The van der Waals surface area contributed by atoms with Gasteiger partial charge in [-0.15, -0.1) is 11.8 Å². The average Bonchev–Trinajstić information content (AvgIpc) is 2.13. The maximum absolute atomic E-state index is 5.71. The summed E-state index contributed by atoms with van der Waals surface area (Å²) in [6.07, 6.45) is 0.903. The van der Waals surface area contributed by atoms with Gasteiger partial charge in [0.1, 0.15) is 11.6 Å². The number of hydrogen-bond acceptors (Lipinski definition) is 4. The van der Waals surface area contributed by atoms with Crippen LogP contribution in [0.15, 0.2) is 6.07 Å². The Kier molecular flexibility index (Phi) is 3.97. The molecule has 0 aliphatic rings. The highest BCUT2D eigenvalue weighted by Gasteiger charge is 2.12. The Morgan fingerprint density at radius 2 is 2.00 bits per heavy atom. The Morgan fingerprint density at radius 3 is 2.53 bits per heavy atom. The van der Waals surface area contributed by atoms with E-state index in [1.807, 2.05) is 17.8 Å². The molecule has 1 heterocycles. The first-order valence-corrected chi connectivity index (χ1v) is 6.15. The van der Waals surface area contributed by atoms with Crippen LogP contribution in [0.3, 0.4) is 0 Å². The summed E-state index contributed by atoms with van der Waals surface area (Å²) in [5, 5.41) is 0. The van der Waals surface area contributed by atoms with E-state index in [0.29, 0.717) is 5.82 Å². The summed E-state index contributed by atoms with van der Waals surface area (Å²) in [6.45, 7) is 8.63. The number of nitrogens with zero attached hydrogens (tertiary/aromatic N) is 2. The number of thioether (sulfide) groups is 1. The van der Waals surface area contributed by atoms with E-state index in [-0.39, 0.29) is 4.75 Å². The Balaban J connectivity index is 2.73. The van der Waals surface area contributed by atoms with Crippen LogP contribution < -0.4 is 5.73 Å². The SMILES string of the molecule is CCc1cc(N)nc(CSC(C)(C)C)n1. The number of rotatable bonds is 3. The quantitative estimate of drug-likeness (QED) is 0.859. The van der Waals surface area contributed by atoms with Crippen molar-refractivity contribution in [1.82, 2.24) is 9.97 Å². The topological polar surface area (TPSA) is 51.8 Å². The summed E-state index contributed by atoms with van der Waals surface area (Å²) in [4.78, 5) is 8.67.